The van der Waals surface area contributed by atoms with Crippen molar-refractivity contribution in [1.29, 1.82) is 0 Å². The SMILES string of the molecule is CCCn1ccnc1CC(O)C(C)(C)N(C)C. The molecule has 1 N–H and O–H groups in total. The molecule has 4 nitrogen and oxygen atoms in total. The molecule has 1 atom stereocenters. The number of aliphatic hydroxyl groups is 1. The highest BCUT2D eigenvalue weighted by Gasteiger charge is 2.30. The molecule has 0 saturated carbocycles. The summed E-state index contributed by atoms with van der Waals surface area (Å²) >= 11 is 0. The van der Waals surface area contributed by atoms with Crippen molar-refractivity contribution in [2.75, 3.05) is 14.1 Å². The third-order valence-corrected chi connectivity index (χ3v) is 3.61. The topological polar surface area (TPSA) is 41.3 Å². The van der Waals surface area contributed by atoms with Gasteiger partial charge in [-0.25, -0.2) is 4.98 Å². The van der Waals surface area contributed by atoms with E-state index in [1.54, 1.807) is 6.20 Å². The first kappa shape index (κ1) is 14.2. The van der Waals surface area contributed by atoms with Crippen molar-refractivity contribution in [2.24, 2.45) is 0 Å². The molecular weight excluding hydrogens is 214 g/mol. The predicted molar refractivity (Wildman–Crippen MR) is 70.0 cm³/mol. The third kappa shape index (κ3) is 3.30. The summed E-state index contributed by atoms with van der Waals surface area (Å²) in [6, 6.07) is 0. The maximum Gasteiger partial charge on any atom is 0.111 e. The van der Waals surface area contributed by atoms with Crippen molar-refractivity contribution in [3.05, 3.63) is 18.2 Å². The Morgan fingerprint density at radius 2 is 2.12 bits per heavy atom. The van der Waals surface area contributed by atoms with Gasteiger partial charge in [-0.2, -0.15) is 0 Å². The fraction of sp³-hybridized carbons (Fsp3) is 0.769. The summed E-state index contributed by atoms with van der Waals surface area (Å²) in [5.74, 6) is 0.967. The number of aliphatic hydroxyl groups excluding tert-OH is 1. The Bertz CT molecular complexity index is 344. The molecule has 1 rings (SSSR count). The number of hydrogen-bond donors (Lipinski definition) is 1. The maximum atomic E-state index is 10.3. The van der Waals surface area contributed by atoms with Gasteiger partial charge in [-0.3, -0.25) is 0 Å². The Morgan fingerprint density at radius 1 is 1.47 bits per heavy atom. The molecule has 17 heavy (non-hydrogen) atoms. The van der Waals surface area contributed by atoms with Crippen LogP contribution in [0.4, 0.5) is 0 Å². The number of nitrogens with zero attached hydrogens (tertiary/aromatic N) is 3. The van der Waals surface area contributed by atoms with Gasteiger partial charge >= 0.3 is 0 Å². The van der Waals surface area contributed by atoms with Gasteiger partial charge in [-0.15, -0.1) is 0 Å². The van der Waals surface area contributed by atoms with E-state index in [-0.39, 0.29) is 5.54 Å². The minimum Gasteiger partial charge on any atom is -0.391 e. The van der Waals surface area contributed by atoms with Crippen molar-refractivity contribution in [3.63, 3.8) is 0 Å². The molecule has 0 saturated heterocycles. The average Bonchev–Trinajstić information content (AvgIpc) is 2.66. The van der Waals surface area contributed by atoms with Crippen molar-refractivity contribution < 1.29 is 5.11 Å². The largest absolute Gasteiger partial charge is 0.391 e. The molecule has 98 valence electrons. The summed E-state index contributed by atoms with van der Waals surface area (Å²) in [7, 11) is 3.98. The van der Waals surface area contributed by atoms with Gasteiger partial charge in [-0.05, 0) is 34.4 Å². The summed E-state index contributed by atoms with van der Waals surface area (Å²) < 4.78 is 2.12. The Kier molecular flexibility index (Phi) is 4.71. The smallest absolute Gasteiger partial charge is 0.111 e. The fourth-order valence-corrected chi connectivity index (χ4v) is 1.70. The molecule has 0 aliphatic heterocycles. The molecule has 0 fully saturated rings. The van der Waals surface area contributed by atoms with Crippen LogP contribution in [0.3, 0.4) is 0 Å². The molecule has 0 bridgehead atoms. The van der Waals surface area contributed by atoms with Crippen molar-refractivity contribution in [2.45, 2.75) is 51.8 Å². The molecule has 0 aliphatic carbocycles. The van der Waals surface area contributed by atoms with Gasteiger partial charge in [0.15, 0.2) is 0 Å². The zero-order valence-corrected chi connectivity index (χ0v) is 11.6. The van der Waals surface area contributed by atoms with E-state index in [4.69, 9.17) is 0 Å². The van der Waals surface area contributed by atoms with Crippen LogP contribution >= 0.6 is 0 Å². The highest BCUT2D eigenvalue weighted by molar-refractivity contribution is 4.99. The first-order chi connectivity index (χ1) is 7.89. The first-order valence-corrected chi connectivity index (χ1v) is 6.25. The van der Waals surface area contributed by atoms with Gasteiger partial charge in [0.05, 0.1) is 6.10 Å². The van der Waals surface area contributed by atoms with E-state index in [9.17, 15) is 5.11 Å². The van der Waals surface area contributed by atoms with Crippen LogP contribution in [0.2, 0.25) is 0 Å². The number of aromatic nitrogens is 2. The van der Waals surface area contributed by atoms with E-state index in [0.717, 1.165) is 18.8 Å². The van der Waals surface area contributed by atoms with Gasteiger partial charge in [-0.1, -0.05) is 6.92 Å². The zero-order valence-electron chi connectivity index (χ0n) is 11.6. The minimum atomic E-state index is -0.421. The second-order valence-electron chi connectivity index (χ2n) is 5.30. The van der Waals surface area contributed by atoms with Crippen LogP contribution in [-0.4, -0.2) is 45.3 Å². The first-order valence-electron chi connectivity index (χ1n) is 6.25. The second kappa shape index (κ2) is 5.65. The van der Waals surface area contributed by atoms with Gasteiger partial charge in [0.1, 0.15) is 5.82 Å². The van der Waals surface area contributed by atoms with Crippen molar-refractivity contribution in [3.8, 4) is 0 Å². The normalized spacial score (nSPS) is 14.3. The summed E-state index contributed by atoms with van der Waals surface area (Å²) in [5.41, 5.74) is -0.247. The molecule has 1 unspecified atom stereocenters. The van der Waals surface area contributed by atoms with E-state index in [0.29, 0.717) is 6.42 Å². The third-order valence-electron chi connectivity index (χ3n) is 3.61. The van der Waals surface area contributed by atoms with Gasteiger partial charge in [0.2, 0.25) is 0 Å². The summed E-state index contributed by atoms with van der Waals surface area (Å²) in [6.45, 7) is 7.20. The lowest BCUT2D eigenvalue weighted by Gasteiger charge is -2.37. The molecule has 1 aromatic rings. The fourth-order valence-electron chi connectivity index (χ4n) is 1.70. The van der Waals surface area contributed by atoms with E-state index in [1.807, 2.05) is 39.0 Å². The zero-order chi connectivity index (χ0) is 13.1. The lowest BCUT2D eigenvalue weighted by molar-refractivity contribution is 0.0165. The highest BCUT2D eigenvalue weighted by atomic mass is 16.3. The minimum absolute atomic E-state index is 0.247. The molecule has 1 heterocycles. The maximum absolute atomic E-state index is 10.3. The van der Waals surface area contributed by atoms with E-state index in [1.165, 1.54) is 0 Å². The monoisotopic (exact) mass is 239 g/mol. The van der Waals surface area contributed by atoms with Gasteiger partial charge in [0, 0.05) is 30.9 Å². The Balaban J connectivity index is 2.73. The van der Waals surface area contributed by atoms with Crippen LogP contribution in [0.15, 0.2) is 12.4 Å². The lowest BCUT2D eigenvalue weighted by atomic mass is 9.93. The lowest BCUT2D eigenvalue weighted by Crippen LogP contribution is -2.49. The van der Waals surface area contributed by atoms with Crippen LogP contribution in [0.1, 0.15) is 33.0 Å². The standard InChI is InChI=1S/C13H25N3O/c1-6-8-16-9-7-14-12(16)10-11(17)13(2,3)15(4)5/h7,9,11,17H,6,8,10H2,1-5H3. The Labute approximate surface area is 104 Å². The van der Waals surface area contributed by atoms with Gasteiger partial charge < -0.3 is 14.6 Å². The van der Waals surface area contributed by atoms with Crippen LogP contribution in [0.5, 0.6) is 0 Å². The quantitative estimate of drug-likeness (QED) is 0.818. The summed E-state index contributed by atoms with van der Waals surface area (Å²) in [6.07, 6.45) is 5.04. The van der Waals surface area contributed by atoms with E-state index in [2.05, 4.69) is 16.5 Å². The number of hydrogen-bond acceptors (Lipinski definition) is 3. The average molecular weight is 239 g/mol. The molecule has 0 amide bonds. The molecule has 1 aromatic heterocycles. The van der Waals surface area contributed by atoms with E-state index < -0.39 is 6.10 Å². The summed E-state index contributed by atoms with van der Waals surface area (Å²) in [5, 5.41) is 10.3. The van der Waals surface area contributed by atoms with E-state index >= 15 is 0 Å². The number of imidazole rings is 1. The van der Waals surface area contributed by atoms with Crippen LogP contribution in [0, 0.1) is 0 Å². The Hall–Kier alpha value is -0.870. The van der Waals surface area contributed by atoms with Crippen molar-refractivity contribution in [1.82, 2.24) is 14.5 Å². The van der Waals surface area contributed by atoms with Gasteiger partial charge in [0.25, 0.3) is 0 Å². The number of likely N-dealkylation sites (N-methyl/N-ethyl adjacent to an activating group) is 1. The number of aryl methyl sites for hydroxylation is 1. The molecule has 0 spiro atoms. The Morgan fingerprint density at radius 3 is 2.65 bits per heavy atom. The molecule has 0 aromatic carbocycles. The molecule has 4 heteroatoms. The highest BCUT2D eigenvalue weighted by Crippen LogP contribution is 2.19. The molecular formula is C13H25N3O. The predicted octanol–water partition coefficient (Wildman–Crippen LogP) is 1.54. The van der Waals surface area contributed by atoms with Crippen molar-refractivity contribution >= 4 is 0 Å². The summed E-state index contributed by atoms with van der Waals surface area (Å²) in [4.78, 5) is 6.38. The second-order valence-corrected chi connectivity index (χ2v) is 5.30. The van der Waals surface area contributed by atoms with Crippen LogP contribution < -0.4 is 0 Å². The molecule has 0 radical (unpaired) electrons. The van der Waals surface area contributed by atoms with Crippen LogP contribution in [0.25, 0.3) is 0 Å². The number of rotatable bonds is 6. The molecule has 0 aliphatic rings. The van der Waals surface area contributed by atoms with Crippen LogP contribution in [-0.2, 0) is 13.0 Å².